The number of benzene rings is 1. The topological polar surface area (TPSA) is 81.1 Å². The lowest BCUT2D eigenvalue weighted by Crippen LogP contribution is -2.63. The molecule has 2 aliphatic rings. The van der Waals surface area contributed by atoms with Gasteiger partial charge in [0.25, 0.3) is 5.91 Å². The minimum Gasteiger partial charge on any atom is -0.481 e. The summed E-state index contributed by atoms with van der Waals surface area (Å²) in [6.45, 7) is 4.93. The second kappa shape index (κ2) is 7.57. The fourth-order valence-corrected chi connectivity index (χ4v) is 4.31. The summed E-state index contributed by atoms with van der Waals surface area (Å²) in [6, 6.07) is 6.89. The van der Waals surface area contributed by atoms with E-state index in [1.807, 2.05) is 7.05 Å². The summed E-state index contributed by atoms with van der Waals surface area (Å²) in [4.78, 5) is 29.0. The van der Waals surface area contributed by atoms with E-state index in [0.29, 0.717) is 37.1 Å². The Morgan fingerprint density at radius 2 is 2.00 bits per heavy atom. The molecule has 0 saturated carbocycles. The van der Waals surface area contributed by atoms with E-state index < -0.39 is 17.0 Å². The van der Waals surface area contributed by atoms with Crippen LogP contribution in [0.15, 0.2) is 24.3 Å². The fourth-order valence-electron chi connectivity index (χ4n) is 4.31. The molecule has 0 spiro atoms. The van der Waals surface area contributed by atoms with Gasteiger partial charge in [-0.15, -0.1) is 0 Å². The molecule has 0 bridgehead atoms. The summed E-state index contributed by atoms with van der Waals surface area (Å²) < 4.78 is 0. The number of hydrogen-bond donors (Lipinski definition) is 2. The van der Waals surface area contributed by atoms with Gasteiger partial charge in [0.1, 0.15) is 5.60 Å². The third-order valence-electron chi connectivity index (χ3n) is 5.86. The van der Waals surface area contributed by atoms with E-state index in [4.69, 9.17) is 0 Å². The monoisotopic (exact) mass is 384 g/mol. The first kappa shape index (κ1) is 20.4. The summed E-state index contributed by atoms with van der Waals surface area (Å²) in [7, 11) is 1.95. The number of aliphatic carboxylic acids is 1. The molecule has 2 atom stereocenters. The Bertz CT molecular complexity index is 833. The van der Waals surface area contributed by atoms with Crippen LogP contribution in [0.1, 0.15) is 49.0 Å². The highest BCUT2D eigenvalue weighted by atomic mass is 16.4. The standard InChI is InChI=1S/C22H28N2O4/c1-21(2,28)10-8-16-6-4-7-17(14-16)19(25)24-13-11-22(20(26)27)9-5-12-23(3)18(22)15-24/h4,6-7,14,18,28H,5,9,11-13,15H2,1-3H3,(H,26,27)/t18-,22+/m1/s1. The molecular weight excluding hydrogens is 356 g/mol. The molecule has 28 heavy (non-hydrogen) atoms. The van der Waals surface area contributed by atoms with Gasteiger partial charge in [0.05, 0.1) is 5.41 Å². The summed E-state index contributed by atoms with van der Waals surface area (Å²) >= 11 is 0. The Balaban J connectivity index is 1.81. The number of carbonyl (C=O) groups is 2. The van der Waals surface area contributed by atoms with E-state index >= 15 is 0 Å². The van der Waals surface area contributed by atoms with Crippen LogP contribution in [0.5, 0.6) is 0 Å². The maximum atomic E-state index is 13.1. The molecule has 2 fully saturated rings. The predicted octanol–water partition coefficient (Wildman–Crippen LogP) is 1.82. The van der Waals surface area contributed by atoms with Crippen LogP contribution in [0.2, 0.25) is 0 Å². The number of rotatable bonds is 2. The van der Waals surface area contributed by atoms with Crippen molar-refractivity contribution in [3.63, 3.8) is 0 Å². The average Bonchev–Trinajstić information content (AvgIpc) is 2.65. The summed E-state index contributed by atoms with van der Waals surface area (Å²) in [5.74, 6) is 4.80. The van der Waals surface area contributed by atoms with E-state index in [1.165, 1.54) is 0 Å². The van der Waals surface area contributed by atoms with Crippen molar-refractivity contribution in [2.24, 2.45) is 5.41 Å². The second-order valence-electron chi connectivity index (χ2n) is 8.45. The molecule has 6 heteroatoms. The van der Waals surface area contributed by atoms with Crippen LogP contribution in [0.3, 0.4) is 0 Å². The lowest BCUT2D eigenvalue weighted by atomic mass is 9.68. The number of aliphatic hydroxyl groups is 1. The lowest BCUT2D eigenvalue weighted by molar-refractivity contribution is -0.161. The molecule has 1 aromatic rings. The number of piperidine rings is 2. The van der Waals surface area contributed by atoms with Gasteiger partial charge in [0.2, 0.25) is 0 Å². The Morgan fingerprint density at radius 1 is 1.25 bits per heavy atom. The van der Waals surface area contributed by atoms with E-state index in [9.17, 15) is 19.8 Å². The van der Waals surface area contributed by atoms with Crippen molar-refractivity contribution in [2.45, 2.75) is 44.8 Å². The molecule has 2 heterocycles. The van der Waals surface area contributed by atoms with Gasteiger partial charge in [-0.3, -0.25) is 9.59 Å². The van der Waals surface area contributed by atoms with Crippen molar-refractivity contribution in [3.8, 4) is 11.8 Å². The fraction of sp³-hybridized carbons (Fsp3) is 0.545. The van der Waals surface area contributed by atoms with Crippen molar-refractivity contribution in [1.29, 1.82) is 0 Å². The van der Waals surface area contributed by atoms with E-state index in [0.717, 1.165) is 13.0 Å². The molecule has 0 radical (unpaired) electrons. The SMILES string of the molecule is CN1CCC[C@]2(C(=O)O)CCN(C(=O)c3cccc(C#CC(C)(C)O)c3)C[C@@H]12. The Kier molecular flexibility index (Phi) is 5.51. The van der Waals surface area contributed by atoms with E-state index in [-0.39, 0.29) is 11.9 Å². The Hall–Kier alpha value is -2.36. The number of likely N-dealkylation sites (N-methyl/N-ethyl adjacent to an activating group) is 1. The maximum Gasteiger partial charge on any atom is 0.311 e. The highest BCUT2D eigenvalue weighted by molar-refractivity contribution is 5.95. The number of likely N-dealkylation sites (tertiary alicyclic amines) is 2. The number of fused-ring (bicyclic) bond motifs is 1. The average molecular weight is 384 g/mol. The van der Waals surface area contributed by atoms with Gasteiger partial charge < -0.3 is 20.0 Å². The van der Waals surface area contributed by atoms with E-state index in [2.05, 4.69) is 16.7 Å². The second-order valence-corrected chi connectivity index (χ2v) is 8.45. The first-order chi connectivity index (χ1) is 13.1. The quantitative estimate of drug-likeness (QED) is 0.761. The summed E-state index contributed by atoms with van der Waals surface area (Å²) in [5.41, 5.74) is -0.661. The van der Waals surface area contributed by atoms with Gasteiger partial charge in [-0.1, -0.05) is 17.9 Å². The van der Waals surface area contributed by atoms with Crippen LogP contribution < -0.4 is 0 Å². The van der Waals surface area contributed by atoms with Gasteiger partial charge in [-0.25, -0.2) is 0 Å². The molecule has 1 amide bonds. The third kappa shape index (κ3) is 4.06. The number of nitrogens with zero attached hydrogens (tertiary/aromatic N) is 2. The zero-order valence-corrected chi connectivity index (χ0v) is 16.7. The normalized spacial score (nSPS) is 25.4. The zero-order valence-electron chi connectivity index (χ0n) is 16.7. The molecule has 0 aromatic heterocycles. The van der Waals surface area contributed by atoms with Crippen molar-refractivity contribution in [3.05, 3.63) is 35.4 Å². The maximum absolute atomic E-state index is 13.1. The van der Waals surface area contributed by atoms with Gasteiger partial charge >= 0.3 is 5.97 Å². The number of carboxylic acids is 1. The molecular formula is C22H28N2O4. The van der Waals surface area contributed by atoms with Crippen molar-refractivity contribution >= 4 is 11.9 Å². The van der Waals surface area contributed by atoms with Gasteiger partial charge in [-0.2, -0.15) is 0 Å². The van der Waals surface area contributed by atoms with E-state index in [1.54, 1.807) is 43.0 Å². The van der Waals surface area contributed by atoms with Gasteiger partial charge in [-0.05, 0) is 64.9 Å². The molecule has 6 nitrogen and oxygen atoms in total. The lowest BCUT2D eigenvalue weighted by Gasteiger charge is -2.51. The van der Waals surface area contributed by atoms with Crippen molar-refractivity contribution in [1.82, 2.24) is 9.80 Å². The minimum atomic E-state index is -1.10. The first-order valence-electron chi connectivity index (χ1n) is 9.71. The van der Waals surface area contributed by atoms with Crippen LogP contribution in [0.4, 0.5) is 0 Å². The Morgan fingerprint density at radius 3 is 2.68 bits per heavy atom. The predicted molar refractivity (Wildman–Crippen MR) is 106 cm³/mol. The summed E-state index contributed by atoms with van der Waals surface area (Å²) in [6.07, 6.45) is 2.01. The molecule has 2 saturated heterocycles. The van der Waals surface area contributed by atoms with Gasteiger partial charge in [0.15, 0.2) is 0 Å². The van der Waals surface area contributed by atoms with Gasteiger partial charge in [0, 0.05) is 30.3 Å². The molecule has 0 aliphatic carbocycles. The number of amides is 1. The molecule has 150 valence electrons. The van der Waals surface area contributed by atoms with Crippen LogP contribution in [-0.4, -0.2) is 70.2 Å². The highest BCUT2D eigenvalue weighted by Gasteiger charge is 2.52. The largest absolute Gasteiger partial charge is 0.481 e. The highest BCUT2D eigenvalue weighted by Crippen LogP contribution is 2.42. The van der Waals surface area contributed by atoms with Crippen molar-refractivity contribution in [2.75, 3.05) is 26.7 Å². The first-order valence-corrected chi connectivity index (χ1v) is 9.71. The molecule has 2 N–H and O–H groups in total. The number of carbonyl (C=O) groups excluding carboxylic acids is 1. The van der Waals surface area contributed by atoms with Crippen LogP contribution in [0.25, 0.3) is 0 Å². The van der Waals surface area contributed by atoms with Crippen LogP contribution in [-0.2, 0) is 4.79 Å². The molecule has 2 aliphatic heterocycles. The Labute approximate surface area is 166 Å². The zero-order chi connectivity index (χ0) is 20.5. The number of carboxylic acid groups (broad SMARTS) is 1. The minimum absolute atomic E-state index is 0.107. The molecule has 1 aromatic carbocycles. The molecule has 0 unspecified atom stereocenters. The smallest absolute Gasteiger partial charge is 0.311 e. The summed E-state index contributed by atoms with van der Waals surface area (Å²) in [5, 5.41) is 19.6. The molecule has 3 rings (SSSR count). The van der Waals surface area contributed by atoms with Crippen LogP contribution in [0, 0.1) is 17.3 Å². The third-order valence-corrected chi connectivity index (χ3v) is 5.86. The number of hydrogen-bond acceptors (Lipinski definition) is 4. The van der Waals surface area contributed by atoms with Crippen molar-refractivity contribution < 1.29 is 19.8 Å². The van der Waals surface area contributed by atoms with Crippen LogP contribution >= 0.6 is 0 Å².